The van der Waals surface area contributed by atoms with E-state index in [-0.39, 0.29) is 12.5 Å². The molecule has 0 unspecified atom stereocenters. The number of aryl methyl sites for hydroxylation is 1. The zero-order valence-electron chi connectivity index (χ0n) is 10.3. The van der Waals surface area contributed by atoms with Gasteiger partial charge in [-0.2, -0.15) is 0 Å². The number of aliphatic hydroxyl groups is 1. The summed E-state index contributed by atoms with van der Waals surface area (Å²) in [4.78, 5) is 17.8. The number of thiophene rings is 1. The molecule has 96 valence electrons. The summed E-state index contributed by atoms with van der Waals surface area (Å²) in [5.74, 6) is 5.47. The second kappa shape index (κ2) is 6.14. The number of nitrogens with one attached hydrogen (secondary N) is 1. The fourth-order valence-corrected chi connectivity index (χ4v) is 2.20. The standard InChI is InChI=1S/C14H12N2O2S/c1-10-7-8-12(19-10)14(18)16-13-6-2-4-11(15-13)5-3-9-17/h2,4,6-8,17H,9H2,1H3,(H,15,16,18). The molecule has 2 aromatic rings. The summed E-state index contributed by atoms with van der Waals surface area (Å²) < 4.78 is 0. The Hall–Kier alpha value is -2.16. The minimum atomic E-state index is -0.216. The molecule has 0 aliphatic carbocycles. The minimum absolute atomic E-state index is 0.183. The molecule has 0 aromatic carbocycles. The van der Waals surface area contributed by atoms with Crippen LogP contribution in [0.25, 0.3) is 0 Å². The van der Waals surface area contributed by atoms with E-state index in [1.165, 1.54) is 11.3 Å². The van der Waals surface area contributed by atoms with Crippen molar-refractivity contribution in [1.82, 2.24) is 4.98 Å². The molecule has 5 heteroatoms. The van der Waals surface area contributed by atoms with E-state index in [0.29, 0.717) is 16.4 Å². The van der Waals surface area contributed by atoms with Crippen molar-refractivity contribution in [2.75, 3.05) is 11.9 Å². The maximum absolute atomic E-state index is 11.9. The molecule has 0 aliphatic heterocycles. The number of carbonyl (C=O) groups excluding carboxylic acids is 1. The summed E-state index contributed by atoms with van der Waals surface area (Å²) in [5, 5.41) is 11.3. The van der Waals surface area contributed by atoms with Gasteiger partial charge >= 0.3 is 0 Å². The number of anilines is 1. The highest BCUT2D eigenvalue weighted by atomic mass is 32.1. The number of hydrogen-bond acceptors (Lipinski definition) is 4. The Morgan fingerprint density at radius 2 is 2.26 bits per heavy atom. The van der Waals surface area contributed by atoms with Crippen LogP contribution in [0.15, 0.2) is 30.3 Å². The summed E-state index contributed by atoms with van der Waals surface area (Å²) in [5.41, 5.74) is 0.509. The lowest BCUT2D eigenvalue weighted by molar-refractivity contribution is 0.103. The molecule has 0 fully saturated rings. The lowest BCUT2D eigenvalue weighted by atomic mass is 10.3. The second-order valence-electron chi connectivity index (χ2n) is 3.73. The highest BCUT2D eigenvalue weighted by Crippen LogP contribution is 2.16. The van der Waals surface area contributed by atoms with Crippen LogP contribution in [0.1, 0.15) is 20.2 Å². The number of amides is 1. The van der Waals surface area contributed by atoms with Gasteiger partial charge in [-0.15, -0.1) is 11.3 Å². The van der Waals surface area contributed by atoms with Crippen LogP contribution in [-0.4, -0.2) is 22.6 Å². The van der Waals surface area contributed by atoms with Crippen LogP contribution in [-0.2, 0) is 0 Å². The summed E-state index contributed by atoms with van der Waals surface area (Å²) in [6, 6.07) is 8.85. The van der Waals surface area contributed by atoms with Gasteiger partial charge in [0, 0.05) is 4.88 Å². The summed E-state index contributed by atoms with van der Waals surface area (Å²) in [6.07, 6.45) is 0. The Morgan fingerprint density at radius 3 is 2.95 bits per heavy atom. The molecule has 2 aromatic heterocycles. The van der Waals surface area contributed by atoms with Crippen LogP contribution < -0.4 is 5.32 Å². The number of hydrogen-bond donors (Lipinski definition) is 2. The molecule has 0 radical (unpaired) electrons. The fourth-order valence-electron chi connectivity index (χ4n) is 1.44. The molecule has 19 heavy (non-hydrogen) atoms. The Labute approximate surface area is 115 Å². The second-order valence-corrected chi connectivity index (χ2v) is 5.02. The van der Waals surface area contributed by atoms with Crippen LogP contribution >= 0.6 is 11.3 Å². The quantitative estimate of drug-likeness (QED) is 0.822. The summed E-state index contributed by atoms with van der Waals surface area (Å²) in [7, 11) is 0. The Kier molecular flexibility index (Phi) is 4.29. The minimum Gasteiger partial charge on any atom is -0.384 e. The first kappa shape index (κ1) is 13.3. The highest BCUT2D eigenvalue weighted by Gasteiger charge is 2.08. The molecule has 2 rings (SSSR count). The number of aromatic nitrogens is 1. The maximum atomic E-state index is 11.9. The molecule has 0 bridgehead atoms. The molecule has 0 atom stereocenters. The van der Waals surface area contributed by atoms with Crippen LogP contribution in [0.2, 0.25) is 0 Å². The van der Waals surface area contributed by atoms with Gasteiger partial charge in [0.25, 0.3) is 5.91 Å². The zero-order chi connectivity index (χ0) is 13.7. The third-order valence-corrected chi connectivity index (χ3v) is 3.25. The van der Waals surface area contributed by atoms with Crippen LogP contribution in [0, 0.1) is 18.8 Å². The molecule has 0 saturated carbocycles. The first-order chi connectivity index (χ1) is 9.19. The van der Waals surface area contributed by atoms with Crippen molar-refractivity contribution in [3.8, 4) is 11.8 Å². The Balaban J connectivity index is 2.13. The van der Waals surface area contributed by atoms with Gasteiger partial charge in [-0.25, -0.2) is 4.98 Å². The number of aliphatic hydroxyl groups excluding tert-OH is 1. The number of nitrogens with zero attached hydrogens (tertiary/aromatic N) is 1. The summed E-state index contributed by atoms with van der Waals surface area (Å²) >= 11 is 1.43. The molecule has 0 saturated heterocycles. The predicted molar refractivity (Wildman–Crippen MR) is 75.2 cm³/mol. The maximum Gasteiger partial charge on any atom is 0.266 e. The van der Waals surface area contributed by atoms with Crippen molar-refractivity contribution in [3.05, 3.63) is 45.8 Å². The van der Waals surface area contributed by atoms with E-state index in [0.717, 1.165) is 4.88 Å². The van der Waals surface area contributed by atoms with Gasteiger partial charge in [0.15, 0.2) is 0 Å². The number of carbonyl (C=O) groups is 1. The van der Waals surface area contributed by atoms with E-state index in [1.807, 2.05) is 13.0 Å². The Bertz CT molecular complexity index is 653. The van der Waals surface area contributed by atoms with E-state index < -0.39 is 0 Å². The molecular formula is C14H12N2O2S. The van der Waals surface area contributed by atoms with Crippen molar-refractivity contribution in [3.63, 3.8) is 0 Å². The molecular weight excluding hydrogens is 260 g/mol. The van der Waals surface area contributed by atoms with Crippen molar-refractivity contribution < 1.29 is 9.90 Å². The molecule has 4 nitrogen and oxygen atoms in total. The normalized spacial score (nSPS) is 9.58. The van der Waals surface area contributed by atoms with Crippen molar-refractivity contribution in [2.45, 2.75) is 6.92 Å². The van der Waals surface area contributed by atoms with Gasteiger partial charge in [-0.05, 0) is 37.1 Å². The molecule has 2 N–H and O–H groups in total. The SMILES string of the molecule is Cc1ccc(C(=O)Nc2cccc(C#CCO)n2)s1. The Morgan fingerprint density at radius 1 is 1.42 bits per heavy atom. The number of pyridine rings is 1. The highest BCUT2D eigenvalue weighted by molar-refractivity contribution is 7.14. The van der Waals surface area contributed by atoms with Gasteiger partial charge in [0.2, 0.25) is 0 Å². The van der Waals surface area contributed by atoms with Crippen LogP contribution in [0.4, 0.5) is 5.82 Å². The van der Waals surface area contributed by atoms with Gasteiger partial charge in [-0.3, -0.25) is 4.79 Å². The molecule has 1 amide bonds. The molecule has 2 heterocycles. The fraction of sp³-hybridized carbons (Fsp3) is 0.143. The number of rotatable bonds is 2. The smallest absolute Gasteiger partial charge is 0.266 e. The van der Waals surface area contributed by atoms with E-state index in [9.17, 15) is 4.79 Å². The topological polar surface area (TPSA) is 62.2 Å². The first-order valence-electron chi connectivity index (χ1n) is 5.63. The molecule has 0 spiro atoms. The van der Waals surface area contributed by atoms with Gasteiger partial charge in [0.1, 0.15) is 18.1 Å². The van der Waals surface area contributed by atoms with Crippen LogP contribution in [0.3, 0.4) is 0 Å². The lowest BCUT2D eigenvalue weighted by Gasteiger charge is -2.02. The van der Waals surface area contributed by atoms with Crippen molar-refractivity contribution >= 4 is 23.1 Å². The van der Waals surface area contributed by atoms with E-state index >= 15 is 0 Å². The third-order valence-electron chi connectivity index (χ3n) is 2.25. The zero-order valence-corrected chi connectivity index (χ0v) is 11.1. The van der Waals surface area contributed by atoms with Gasteiger partial charge in [-0.1, -0.05) is 12.0 Å². The monoisotopic (exact) mass is 272 g/mol. The van der Waals surface area contributed by atoms with Gasteiger partial charge in [0.05, 0.1) is 4.88 Å². The van der Waals surface area contributed by atoms with E-state index in [2.05, 4.69) is 22.1 Å². The lowest BCUT2D eigenvalue weighted by Crippen LogP contribution is -2.11. The van der Waals surface area contributed by atoms with Crippen molar-refractivity contribution in [2.24, 2.45) is 0 Å². The molecule has 0 aliphatic rings. The largest absolute Gasteiger partial charge is 0.384 e. The average Bonchev–Trinajstić information content (AvgIpc) is 2.83. The van der Waals surface area contributed by atoms with E-state index in [4.69, 9.17) is 5.11 Å². The first-order valence-corrected chi connectivity index (χ1v) is 6.45. The third kappa shape index (κ3) is 3.65. The summed E-state index contributed by atoms with van der Waals surface area (Å²) in [6.45, 7) is 1.73. The van der Waals surface area contributed by atoms with Crippen LogP contribution in [0.5, 0.6) is 0 Å². The van der Waals surface area contributed by atoms with E-state index in [1.54, 1.807) is 24.3 Å². The van der Waals surface area contributed by atoms with Crippen molar-refractivity contribution in [1.29, 1.82) is 0 Å². The average molecular weight is 272 g/mol. The predicted octanol–water partition coefficient (Wildman–Crippen LogP) is 2.05. The van der Waals surface area contributed by atoms with Gasteiger partial charge < -0.3 is 10.4 Å².